The van der Waals surface area contributed by atoms with E-state index in [-0.39, 0.29) is 17.7 Å². The number of ether oxygens (including phenoxy) is 1. The molecule has 0 saturated heterocycles. The van der Waals surface area contributed by atoms with E-state index in [1.165, 1.54) is 0 Å². The Bertz CT molecular complexity index is 860. The van der Waals surface area contributed by atoms with Gasteiger partial charge in [0.15, 0.2) is 6.61 Å². The molecule has 122 valence electrons. The molecular weight excluding hydrogens is 324 g/mol. The second-order valence-electron chi connectivity index (χ2n) is 5.46. The molecule has 24 heavy (non-hydrogen) atoms. The largest absolute Gasteiger partial charge is 0.484 e. The van der Waals surface area contributed by atoms with E-state index in [9.17, 15) is 10.1 Å². The number of thioether (sulfide) groups is 1. The van der Waals surface area contributed by atoms with Crippen LogP contribution in [0.5, 0.6) is 5.75 Å². The van der Waals surface area contributed by atoms with Crippen molar-refractivity contribution < 1.29 is 9.53 Å². The lowest BCUT2D eigenvalue weighted by Gasteiger charge is -2.14. The summed E-state index contributed by atoms with van der Waals surface area (Å²) < 4.78 is 5.36. The number of pyridine rings is 1. The zero-order valence-electron chi connectivity index (χ0n) is 13.1. The number of nitriles is 1. The minimum Gasteiger partial charge on any atom is -0.484 e. The highest BCUT2D eigenvalue weighted by molar-refractivity contribution is 7.99. The molecule has 0 unspecified atom stereocenters. The summed E-state index contributed by atoms with van der Waals surface area (Å²) in [5.74, 6) is 0.986. The van der Waals surface area contributed by atoms with Crippen molar-refractivity contribution in [3.63, 3.8) is 0 Å². The second-order valence-corrected chi connectivity index (χ2v) is 6.79. The Labute approximate surface area is 143 Å². The van der Waals surface area contributed by atoms with Gasteiger partial charge in [-0.1, -0.05) is 12.1 Å². The third kappa shape index (κ3) is 2.88. The molecule has 4 N–H and O–H groups in total. The van der Waals surface area contributed by atoms with Crippen LogP contribution >= 0.6 is 11.8 Å². The molecule has 2 heterocycles. The van der Waals surface area contributed by atoms with E-state index in [0.29, 0.717) is 11.3 Å². The first-order valence-electron chi connectivity index (χ1n) is 7.36. The molecule has 1 amide bonds. The summed E-state index contributed by atoms with van der Waals surface area (Å²) in [6.45, 7) is 1.88. The van der Waals surface area contributed by atoms with Crippen LogP contribution < -0.4 is 16.2 Å². The Morgan fingerprint density at radius 1 is 1.54 bits per heavy atom. The highest BCUT2D eigenvalue weighted by Gasteiger charge is 2.28. The summed E-state index contributed by atoms with van der Waals surface area (Å²) in [5.41, 5.74) is 15.1. The van der Waals surface area contributed by atoms with Crippen molar-refractivity contribution in [2.24, 2.45) is 5.73 Å². The molecule has 0 aliphatic carbocycles. The minimum absolute atomic E-state index is 0.196. The molecule has 6 nitrogen and oxygen atoms in total. The van der Waals surface area contributed by atoms with Crippen LogP contribution in [0.3, 0.4) is 0 Å². The standard InChI is InChI=1S/C17H16N4O2S/c1-9-16-13(8-24-9)15(12(6-18)17(20)21-16)10-3-2-4-11(5-10)23-7-14(19)22/h2-5,9H,7-8H2,1H3,(H2,19,22)(H2,20,21)/t9-/m1/s1. The van der Waals surface area contributed by atoms with E-state index in [2.05, 4.69) is 18.0 Å². The van der Waals surface area contributed by atoms with Crippen molar-refractivity contribution in [3.05, 3.63) is 41.1 Å². The van der Waals surface area contributed by atoms with E-state index in [0.717, 1.165) is 28.1 Å². The van der Waals surface area contributed by atoms with E-state index < -0.39 is 5.91 Å². The van der Waals surface area contributed by atoms with Gasteiger partial charge in [0.2, 0.25) is 0 Å². The molecule has 7 heteroatoms. The number of rotatable bonds is 4. The number of aromatic nitrogens is 1. The van der Waals surface area contributed by atoms with E-state index in [1.54, 1.807) is 30.0 Å². The summed E-state index contributed by atoms with van der Waals surface area (Å²) in [7, 11) is 0. The number of anilines is 1. The Hall–Kier alpha value is -2.72. The minimum atomic E-state index is -0.544. The zero-order valence-corrected chi connectivity index (χ0v) is 13.9. The highest BCUT2D eigenvalue weighted by atomic mass is 32.2. The number of amides is 1. The number of nitrogen functional groups attached to an aromatic ring is 1. The average Bonchev–Trinajstić information content (AvgIpc) is 2.92. The highest BCUT2D eigenvalue weighted by Crippen LogP contribution is 2.46. The second kappa shape index (κ2) is 6.42. The molecule has 2 aromatic rings. The van der Waals surface area contributed by atoms with Gasteiger partial charge in [-0.05, 0) is 30.2 Å². The predicted molar refractivity (Wildman–Crippen MR) is 93.2 cm³/mol. The summed E-state index contributed by atoms with van der Waals surface area (Å²) in [4.78, 5) is 15.3. The van der Waals surface area contributed by atoms with Gasteiger partial charge >= 0.3 is 0 Å². The molecule has 1 atom stereocenters. The fourth-order valence-electron chi connectivity index (χ4n) is 2.76. The van der Waals surface area contributed by atoms with Crippen molar-refractivity contribution in [1.82, 2.24) is 4.98 Å². The van der Waals surface area contributed by atoms with E-state index in [1.807, 2.05) is 6.07 Å². The molecule has 3 rings (SSSR count). The number of hydrogen-bond acceptors (Lipinski definition) is 6. The Morgan fingerprint density at radius 3 is 3.04 bits per heavy atom. The van der Waals surface area contributed by atoms with Crippen LogP contribution in [0.1, 0.15) is 29.0 Å². The van der Waals surface area contributed by atoms with Crippen molar-refractivity contribution in [2.75, 3.05) is 12.3 Å². The topological polar surface area (TPSA) is 115 Å². The van der Waals surface area contributed by atoms with E-state index in [4.69, 9.17) is 16.2 Å². The lowest BCUT2D eigenvalue weighted by molar-refractivity contribution is -0.119. The van der Waals surface area contributed by atoms with Crippen LogP contribution in [-0.4, -0.2) is 17.5 Å². The summed E-state index contributed by atoms with van der Waals surface area (Å²) >= 11 is 1.76. The summed E-state index contributed by atoms with van der Waals surface area (Å²) in [6, 6.07) is 9.38. The average molecular weight is 340 g/mol. The lowest BCUT2D eigenvalue weighted by Crippen LogP contribution is -2.20. The molecule has 1 aromatic carbocycles. The smallest absolute Gasteiger partial charge is 0.255 e. The van der Waals surface area contributed by atoms with Crippen LogP contribution in [0, 0.1) is 11.3 Å². The molecule has 0 radical (unpaired) electrons. The molecule has 1 aliphatic rings. The number of carbonyl (C=O) groups excluding carboxylic acids is 1. The fourth-order valence-corrected chi connectivity index (χ4v) is 3.82. The molecule has 1 aromatic heterocycles. The number of benzene rings is 1. The van der Waals surface area contributed by atoms with Crippen LogP contribution in [0.4, 0.5) is 5.82 Å². The lowest BCUT2D eigenvalue weighted by atomic mass is 9.94. The van der Waals surface area contributed by atoms with Crippen LogP contribution in [-0.2, 0) is 10.5 Å². The first-order valence-corrected chi connectivity index (χ1v) is 8.41. The van der Waals surface area contributed by atoms with E-state index >= 15 is 0 Å². The molecule has 1 aliphatic heterocycles. The number of carbonyl (C=O) groups is 1. The third-order valence-electron chi connectivity index (χ3n) is 3.84. The van der Waals surface area contributed by atoms with Crippen molar-refractivity contribution >= 4 is 23.5 Å². The molecular formula is C17H16N4O2S. The molecule has 0 bridgehead atoms. The molecule has 0 spiro atoms. The number of nitrogens with two attached hydrogens (primary N) is 2. The Balaban J connectivity index is 2.13. The molecule has 0 fully saturated rings. The van der Waals surface area contributed by atoms with Crippen LogP contribution in [0.25, 0.3) is 11.1 Å². The first kappa shape index (κ1) is 16.1. The fraction of sp³-hybridized carbons (Fsp3) is 0.235. The summed E-state index contributed by atoms with van der Waals surface area (Å²) in [5, 5.41) is 9.77. The van der Waals surface area contributed by atoms with Gasteiger partial charge < -0.3 is 16.2 Å². The molecule has 0 saturated carbocycles. The summed E-state index contributed by atoms with van der Waals surface area (Å²) in [6.07, 6.45) is 0. The van der Waals surface area contributed by atoms with Gasteiger partial charge in [0, 0.05) is 16.6 Å². The van der Waals surface area contributed by atoms with Crippen molar-refractivity contribution in [1.29, 1.82) is 5.26 Å². The maximum Gasteiger partial charge on any atom is 0.255 e. The van der Waals surface area contributed by atoms with Crippen LogP contribution in [0.2, 0.25) is 0 Å². The Morgan fingerprint density at radius 2 is 2.33 bits per heavy atom. The number of nitrogens with zero attached hydrogens (tertiary/aromatic N) is 2. The monoisotopic (exact) mass is 340 g/mol. The van der Waals surface area contributed by atoms with Gasteiger partial charge in [-0.15, -0.1) is 11.8 Å². The number of primary amides is 1. The normalized spacial score (nSPS) is 15.6. The van der Waals surface area contributed by atoms with Crippen molar-refractivity contribution in [3.8, 4) is 22.9 Å². The first-order chi connectivity index (χ1) is 11.5. The maximum atomic E-state index is 10.9. The van der Waals surface area contributed by atoms with Crippen LogP contribution in [0.15, 0.2) is 24.3 Å². The number of fused-ring (bicyclic) bond motifs is 1. The van der Waals surface area contributed by atoms with Gasteiger partial charge in [0.25, 0.3) is 5.91 Å². The zero-order chi connectivity index (χ0) is 17.3. The SMILES string of the molecule is C[C@H]1SCc2c1nc(N)c(C#N)c2-c1cccc(OCC(N)=O)c1. The van der Waals surface area contributed by atoms with Gasteiger partial charge in [0.05, 0.1) is 5.69 Å². The van der Waals surface area contributed by atoms with Gasteiger partial charge in [-0.3, -0.25) is 4.79 Å². The third-order valence-corrected chi connectivity index (χ3v) is 5.01. The van der Waals surface area contributed by atoms with Gasteiger partial charge in [-0.25, -0.2) is 4.98 Å². The Kier molecular flexibility index (Phi) is 4.32. The predicted octanol–water partition coefficient (Wildman–Crippen LogP) is 2.37. The van der Waals surface area contributed by atoms with Crippen molar-refractivity contribution in [2.45, 2.75) is 17.9 Å². The maximum absolute atomic E-state index is 10.9. The quantitative estimate of drug-likeness (QED) is 0.883. The number of hydrogen-bond donors (Lipinski definition) is 2. The van der Waals surface area contributed by atoms with Gasteiger partial charge in [0.1, 0.15) is 23.2 Å². The van der Waals surface area contributed by atoms with Gasteiger partial charge in [-0.2, -0.15) is 5.26 Å².